The van der Waals surface area contributed by atoms with Crippen molar-refractivity contribution in [1.29, 1.82) is 0 Å². The molecule has 0 bridgehead atoms. The van der Waals surface area contributed by atoms with Crippen molar-refractivity contribution in [2.75, 3.05) is 41.5 Å². The van der Waals surface area contributed by atoms with Crippen molar-refractivity contribution in [2.24, 2.45) is 0 Å². The molecular formula is C36H40N2O6. The van der Waals surface area contributed by atoms with Crippen LogP contribution in [0.2, 0.25) is 0 Å². The lowest BCUT2D eigenvalue weighted by molar-refractivity contribution is 0.228. The zero-order valence-electron chi connectivity index (χ0n) is 25.7. The van der Waals surface area contributed by atoms with E-state index < -0.39 is 0 Å². The second-order valence-electron chi connectivity index (χ2n) is 11.6. The SMILES string of the molecule is COc1cc2c(cc1OC)[C@@H](Cc1ccc(O)c(Oc3cc4c(cc3OC)CCN(C)[C@@H]4Cc3ccc(O)cc3)c1)NCC2. The van der Waals surface area contributed by atoms with Crippen LogP contribution in [0.3, 0.4) is 0 Å². The number of benzene rings is 4. The summed E-state index contributed by atoms with van der Waals surface area (Å²) in [5.74, 6) is 3.34. The van der Waals surface area contributed by atoms with Crippen LogP contribution < -0.4 is 24.3 Å². The van der Waals surface area contributed by atoms with E-state index in [1.807, 2.05) is 24.3 Å². The number of hydrogen-bond acceptors (Lipinski definition) is 8. The van der Waals surface area contributed by atoms with Gasteiger partial charge in [0.15, 0.2) is 34.5 Å². The molecule has 0 saturated heterocycles. The molecule has 2 atom stereocenters. The first-order chi connectivity index (χ1) is 21.4. The average molecular weight is 597 g/mol. The van der Waals surface area contributed by atoms with Crippen molar-refractivity contribution >= 4 is 0 Å². The van der Waals surface area contributed by atoms with E-state index in [0.717, 1.165) is 49.2 Å². The van der Waals surface area contributed by atoms with Crippen molar-refractivity contribution in [3.63, 3.8) is 0 Å². The summed E-state index contributed by atoms with van der Waals surface area (Å²) in [6.45, 7) is 1.79. The molecule has 0 fully saturated rings. The molecule has 0 aromatic heterocycles. The molecule has 2 aliphatic heterocycles. The fourth-order valence-electron chi connectivity index (χ4n) is 6.47. The van der Waals surface area contributed by atoms with Gasteiger partial charge in [0, 0.05) is 18.6 Å². The van der Waals surface area contributed by atoms with E-state index in [2.05, 4.69) is 41.5 Å². The van der Waals surface area contributed by atoms with E-state index in [0.29, 0.717) is 29.4 Å². The Bertz CT molecular complexity index is 1640. The minimum atomic E-state index is 0.0645. The third-order valence-electron chi connectivity index (χ3n) is 8.91. The number of fused-ring (bicyclic) bond motifs is 2. The van der Waals surface area contributed by atoms with Gasteiger partial charge in [-0.2, -0.15) is 0 Å². The molecule has 230 valence electrons. The van der Waals surface area contributed by atoms with Gasteiger partial charge in [-0.05, 0) is 121 Å². The van der Waals surface area contributed by atoms with Crippen LogP contribution >= 0.6 is 0 Å². The van der Waals surface area contributed by atoms with E-state index in [9.17, 15) is 10.2 Å². The summed E-state index contributed by atoms with van der Waals surface area (Å²) in [5.41, 5.74) is 7.00. The van der Waals surface area contributed by atoms with Gasteiger partial charge in [-0.25, -0.2) is 0 Å². The lowest BCUT2D eigenvalue weighted by Crippen LogP contribution is -2.33. The topological polar surface area (TPSA) is 92.7 Å². The summed E-state index contributed by atoms with van der Waals surface area (Å²) in [6, 6.07) is 21.4. The summed E-state index contributed by atoms with van der Waals surface area (Å²) in [7, 11) is 7.09. The van der Waals surface area contributed by atoms with Crippen LogP contribution in [0.4, 0.5) is 0 Å². The number of nitrogens with zero attached hydrogens (tertiary/aromatic N) is 1. The highest BCUT2D eigenvalue weighted by molar-refractivity contribution is 5.54. The number of rotatable bonds is 9. The maximum atomic E-state index is 10.9. The van der Waals surface area contributed by atoms with Crippen molar-refractivity contribution in [1.82, 2.24) is 10.2 Å². The van der Waals surface area contributed by atoms with Gasteiger partial charge < -0.3 is 34.5 Å². The van der Waals surface area contributed by atoms with Crippen molar-refractivity contribution in [2.45, 2.75) is 37.8 Å². The number of methoxy groups -OCH3 is 3. The Kier molecular flexibility index (Phi) is 8.55. The molecule has 8 nitrogen and oxygen atoms in total. The predicted molar refractivity (Wildman–Crippen MR) is 170 cm³/mol. The molecule has 3 N–H and O–H groups in total. The van der Waals surface area contributed by atoms with Crippen LogP contribution in [0.15, 0.2) is 66.7 Å². The normalized spacial score (nSPS) is 17.8. The summed E-state index contributed by atoms with van der Waals surface area (Å²) < 4.78 is 23.3. The Hall–Kier alpha value is -4.40. The smallest absolute Gasteiger partial charge is 0.169 e. The largest absolute Gasteiger partial charge is 0.508 e. The molecule has 4 aromatic rings. The maximum Gasteiger partial charge on any atom is 0.169 e. The molecule has 0 saturated carbocycles. The van der Waals surface area contributed by atoms with E-state index >= 15 is 0 Å². The molecule has 0 aliphatic carbocycles. The minimum Gasteiger partial charge on any atom is -0.508 e. The maximum absolute atomic E-state index is 10.9. The van der Waals surface area contributed by atoms with Gasteiger partial charge in [0.2, 0.25) is 0 Å². The first kappa shape index (κ1) is 29.7. The molecule has 0 amide bonds. The highest BCUT2D eigenvalue weighted by Gasteiger charge is 2.28. The minimum absolute atomic E-state index is 0.0645. The number of nitrogens with one attached hydrogen (secondary N) is 1. The lowest BCUT2D eigenvalue weighted by atomic mass is 9.88. The van der Waals surface area contributed by atoms with Gasteiger partial charge in [-0.3, -0.25) is 4.90 Å². The van der Waals surface area contributed by atoms with Crippen molar-refractivity contribution in [3.8, 4) is 40.2 Å². The number of likely N-dealkylation sites (N-methyl/N-ethyl adjacent to an activating group) is 1. The summed E-state index contributed by atoms with van der Waals surface area (Å²) in [4.78, 5) is 2.35. The van der Waals surface area contributed by atoms with E-state index in [1.54, 1.807) is 39.5 Å². The fourth-order valence-corrected chi connectivity index (χ4v) is 6.47. The predicted octanol–water partition coefficient (Wildman–Crippen LogP) is 6.12. The molecule has 6 rings (SSSR count). The van der Waals surface area contributed by atoms with E-state index in [-0.39, 0.29) is 23.6 Å². The highest BCUT2D eigenvalue weighted by Crippen LogP contribution is 2.43. The summed E-state index contributed by atoms with van der Waals surface area (Å²) in [6.07, 6.45) is 3.32. The second kappa shape index (κ2) is 12.7. The van der Waals surface area contributed by atoms with Crippen LogP contribution in [0.25, 0.3) is 0 Å². The van der Waals surface area contributed by atoms with Gasteiger partial charge >= 0.3 is 0 Å². The van der Waals surface area contributed by atoms with Gasteiger partial charge in [0.25, 0.3) is 0 Å². The Morgan fingerprint density at radius 1 is 0.705 bits per heavy atom. The number of hydrogen-bond donors (Lipinski definition) is 3. The number of ether oxygens (including phenoxy) is 4. The monoisotopic (exact) mass is 596 g/mol. The number of phenolic OH excluding ortho intramolecular Hbond substituents is 2. The Balaban J connectivity index is 1.28. The average Bonchev–Trinajstić information content (AvgIpc) is 3.04. The van der Waals surface area contributed by atoms with Gasteiger partial charge in [0.1, 0.15) is 5.75 Å². The molecular weight excluding hydrogens is 556 g/mol. The highest BCUT2D eigenvalue weighted by atomic mass is 16.5. The second-order valence-corrected chi connectivity index (χ2v) is 11.6. The zero-order chi connectivity index (χ0) is 30.8. The van der Waals surface area contributed by atoms with Gasteiger partial charge in [-0.15, -0.1) is 0 Å². The van der Waals surface area contributed by atoms with E-state index in [1.165, 1.54) is 22.3 Å². The first-order valence-corrected chi connectivity index (χ1v) is 15.0. The number of aromatic hydroxyl groups is 2. The van der Waals surface area contributed by atoms with E-state index in [4.69, 9.17) is 18.9 Å². The van der Waals surface area contributed by atoms with Crippen LogP contribution in [-0.2, 0) is 25.7 Å². The summed E-state index contributed by atoms with van der Waals surface area (Å²) >= 11 is 0. The number of phenols is 2. The Morgan fingerprint density at radius 3 is 2.07 bits per heavy atom. The third kappa shape index (κ3) is 6.00. The van der Waals surface area contributed by atoms with Crippen LogP contribution in [-0.4, -0.2) is 56.6 Å². The molecule has 4 aromatic carbocycles. The van der Waals surface area contributed by atoms with Crippen molar-refractivity contribution < 1.29 is 29.2 Å². The molecule has 44 heavy (non-hydrogen) atoms. The first-order valence-electron chi connectivity index (χ1n) is 15.0. The Morgan fingerprint density at radius 2 is 1.34 bits per heavy atom. The van der Waals surface area contributed by atoms with Crippen molar-refractivity contribution in [3.05, 3.63) is 100 Å². The molecule has 2 aliphatic rings. The van der Waals surface area contributed by atoms with Gasteiger partial charge in [0.05, 0.1) is 21.3 Å². The molecule has 0 unspecified atom stereocenters. The molecule has 2 heterocycles. The Labute approximate surface area is 258 Å². The van der Waals surface area contributed by atoms with Crippen LogP contribution in [0.5, 0.6) is 40.2 Å². The lowest BCUT2D eigenvalue weighted by Gasteiger charge is -2.35. The molecule has 0 radical (unpaired) electrons. The van der Waals surface area contributed by atoms with Crippen LogP contribution in [0.1, 0.15) is 45.5 Å². The zero-order valence-corrected chi connectivity index (χ0v) is 25.7. The standard InChI is InChI=1S/C36H40N2O6/c1-38-14-12-25-19-34(42-3)36(21-28(25)30(38)16-22-5-8-26(39)9-6-22)44-32-17-23(7-10-31(32)40)15-29-27-20-35(43-4)33(41-2)18-24(27)11-13-37-29/h5-10,17-21,29-30,37,39-40H,11-16H2,1-4H3/t29-,30-/m1/s1. The van der Waals surface area contributed by atoms with Gasteiger partial charge in [-0.1, -0.05) is 18.2 Å². The fraction of sp³-hybridized carbons (Fsp3) is 0.333. The quantitative estimate of drug-likeness (QED) is 0.213. The third-order valence-corrected chi connectivity index (χ3v) is 8.91. The molecule has 8 heteroatoms. The molecule has 0 spiro atoms. The summed E-state index contributed by atoms with van der Waals surface area (Å²) in [5, 5.41) is 24.3. The van der Waals surface area contributed by atoms with Crippen LogP contribution in [0, 0.1) is 0 Å².